The van der Waals surface area contributed by atoms with Gasteiger partial charge in [0.25, 0.3) is 5.91 Å². The van der Waals surface area contributed by atoms with Gasteiger partial charge >= 0.3 is 5.97 Å². The Morgan fingerprint density at radius 2 is 1.54 bits per heavy atom. The van der Waals surface area contributed by atoms with Crippen molar-refractivity contribution in [1.82, 2.24) is 10.2 Å². The van der Waals surface area contributed by atoms with E-state index in [2.05, 4.69) is 10.6 Å². The van der Waals surface area contributed by atoms with E-state index >= 15 is 0 Å². The van der Waals surface area contributed by atoms with E-state index in [1.165, 1.54) is 25.9 Å². The molecule has 0 aromatic heterocycles. The van der Waals surface area contributed by atoms with Crippen molar-refractivity contribution in [3.8, 4) is 0 Å². The summed E-state index contributed by atoms with van der Waals surface area (Å²) < 4.78 is 0.995. The van der Waals surface area contributed by atoms with Gasteiger partial charge in [-0.15, -0.1) is 0 Å². The quantitative estimate of drug-likeness (QED) is 0.409. The first kappa shape index (κ1) is 23.3. The number of benzene rings is 1. The minimum Gasteiger partial charge on any atom is -0.478 e. The van der Waals surface area contributed by atoms with Crippen LogP contribution >= 0.6 is 67.8 Å². The molecule has 0 saturated carbocycles. The summed E-state index contributed by atoms with van der Waals surface area (Å²) in [5, 5.41) is 14.6. The Morgan fingerprint density at radius 1 is 1.04 bits per heavy atom. The molecule has 1 aromatic rings. The molecule has 11 heteroatoms. The van der Waals surface area contributed by atoms with Crippen molar-refractivity contribution in [3.63, 3.8) is 0 Å². The molecular weight excluding hydrogens is 683 g/mol. The molecule has 3 N–H and O–H groups in total. The Labute approximate surface area is 191 Å². The van der Waals surface area contributed by atoms with Gasteiger partial charge in [-0.2, -0.15) is 0 Å². The van der Waals surface area contributed by atoms with E-state index in [-0.39, 0.29) is 32.2 Å². The highest BCUT2D eigenvalue weighted by Gasteiger charge is 2.31. The van der Waals surface area contributed by atoms with Crippen molar-refractivity contribution < 1.29 is 24.3 Å². The first-order valence-electron chi connectivity index (χ1n) is 7.15. The van der Waals surface area contributed by atoms with Crippen LogP contribution in [0.5, 0.6) is 0 Å². The van der Waals surface area contributed by atoms with Gasteiger partial charge in [-0.1, -0.05) is 0 Å². The maximum atomic E-state index is 13.0. The Balaban J connectivity index is 3.67. The third-order valence-electron chi connectivity index (χ3n) is 3.57. The molecule has 0 aliphatic heterocycles. The van der Waals surface area contributed by atoms with Gasteiger partial charge in [0, 0.05) is 24.6 Å². The number of carbonyl (C=O) groups is 4. The number of halogens is 3. The number of aromatic carboxylic acids is 1. The molecule has 0 aliphatic rings. The standard InChI is InChI=1S/C15H16I3N3O5/c1-5(13(23)19-3)21(4)14(24)7-9(16)8(15(25)26)11(18)12(10(7)17)20-6(2)22/h5H,1-4H3,(H,19,23)(H,20,22)(H,25,26). The second-order valence-electron chi connectivity index (χ2n) is 5.26. The molecule has 0 fully saturated rings. The number of amides is 3. The van der Waals surface area contributed by atoms with E-state index in [1.807, 2.05) is 45.2 Å². The van der Waals surface area contributed by atoms with Gasteiger partial charge in [-0.25, -0.2) is 4.79 Å². The predicted octanol–water partition coefficient (Wildman–Crippen LogP) is 2.36. The number of anilines is 1. The van der Waals surface area contributed by atoms with Gasteiger partial charge in [0.15, 0.2) is 0 Å². The summed E-state index contributed by atoms with van der Waals surface area (Å²) in [5.74, 6) is -2.46. The molecule has 1 aromatic carbocycles. The van der Waals surface area contributed by atoms with Crippen LogP contribution in [-0.4, -0.2) is 53.8 Å². The lowest BCUT2D eigenvalue weighted by atomic mass is 10.1. The van der Waals surface area contributed by atoms with E-state index in [1.54, 1.807) is 29.5 Å². The van der Waals surface area contributed by atoms with Crippen LogP contribution in [0.2, 0.25) is 0 Å². The van der Waals surface area contributed by atoms with Crippen LogP contribution in [0.3, 0.4) is 0 Å². The molecular formula is C15H16I3N3O5. The van der Waals surface area contributed by atoms with Gasteiger partial charge in [-0.05, 0) is 74.7 Å². The zero-order valence-corrected chi connectivity index (χ0v) is 20.7. The maximum absolute atomic E-state index is 13.0. The predicted molar refractivity (Wildman–Crippen MR) is 121 cm³/mol. The fourth-order valence-electron chi connectivity index (χ4n) is 2.06. The number of carboxylic acid groups (broad SMARTS) is 1. The van der Waals surface area contributed by atoms with Crippen LogP contribution in [0.15, 0.2) is 0 Å². The molecule has 1 atom stereocenters. The van der Waals surface area contributed by atoms with E-state index in [0.29, 0.717) is 7.14 Å². The zero-order chi connectivity index (χ0) is 20.3. The highest BCUT2D eigenvalue weighted by molar-refractivity contribution is 14.1. The molecule has 0 radical (unpaired) electrons. The lowest BCUT2D eigenvalue weighted by molar-refractivity contribution is -0.124. The number of hydrogen-bond donors (Lipinski definition) is 3. The molecule has 8 nitrogen and oxygen atoms in total. The van der Waals surface area contributed by atoms with Crippen LogP contribution in [0.4, 0.5) is 5.69 Å². The number of carbonyl (C=O) groups excluding carboxylic acids is 3. The average molecular weight is 699 g/mol. The molecule has 3 amide bonds. The highest BCUT2D eigenvalue weighted by Crippen LogP contribution is 2.36. The number of nitrogens with one attached hydrogen (secondary N) is 2. The third-order valence-corrected chi connectivity index (χ3v) is 6.81. The summed E-state index contributed by atoms with van der Waals surface area (Å²) in [7, 11) is 2.93. The molecule has 0 bridgehead atoms. The summed E-state index contributed by atoms with van der Waals surface area (Å²) in [6, 6.07) is -0.754. The van der Waals surface area contributed by atoms with Gasteiger partial charge < -0.3 is 20.6 Å². The Bertz CT molecular complexity index is 797. The second-order valence-corrected chi connectivity index (χ2v) is 8.50. The smallest absolute Gasteiger partial charge is 0.337 e. The fourth-order valence-corrected chi connectivity index (χ4v) is 6.42. The zero-order valence-electron chi connectivity index (χ0n) is 14.2. The van der Waals surface area contributed by atoms with E-state index in [0.717, 1.165) is 0 Å². The van der Waals surface area contributed by atoms with Crippen molar-refractivity contribution in [1.29, 1.82) is 0 Å². The summed E-state index contributed by atoms with van der Waals surface area (Å²) in [4.78, 5) is 49.3. The second kappa shape index (κ2) is 9.48. The van der Waals surface area contributed by atoms with Gasteiger partial charge in [0.2, 0.25) is 11.8 Å². The van der Waals surface area contributed by atoms with Crippen molar-refractivity contribution >= 4 is 97.2 Å². The van der Waals surface area contributed by atoms with Crippen molar-refractivity contribution in [2.24, 2.45) is 0 Å². The third kappa shape index (κ3) is 4.76. The normalized spacial score (nSPS) is 11.5. The lowest BCUT2D eigenvalue weighted by Crippen LogP contribution is -2.45. The van der Waals surface area contributed by atoms with Crippen molar-refractivity contribution in [2.45, 2.75) is 19.9 Å². The highest BCUT2D eigenvalue weighted by atomic mass is 127. The summed E-state index contributed by atoms with van der Waals surface area (Å²) in [5.41, 5.74) is 0.326. The monoisotopic (exact) mass is 699 g/mol. The molecule has 0 spiro atoms. The number of hydrogen-bond acceptors (Lipinski definition) is 4. The fraction of sp³-hybridized carbons (Fsp3) is 0.333. The molecule has 142 valence electrons. The molecule has 26 heavy (non-hydrogen) atoms. The SMILES string of the molecule is CNC(=O)C(C)N(C)C(=O)c1c(I)c(NC(C)=O)c(I)c(C(=O)O)c1I. The van der Waals surface area contributed by atoms with Gasteiger partial charge in [0.1, 0.15) is 6.04 Å². The summed E-state index contributed by atoms with van der Waals surface area (Å²) in [6.45, 7) is 2.86. The van der Waals surface area contributed by atoms with Crippen molar-refractivity contribution in [3.05, 3.63) is 21.8 Å². The molecule has 1 unspecified atom stereocenters. The minimum absolute atomic E-state index is 0.0697. The van der Waals surface area contributed by atoms with Crippen LogP contribution in [-0.2, 0) is 9.59 Å². The maximum Gasteiger partial charge on any atom is 0.337 e. The number of likely N-dealkylation sites (N-methyl/N-ethyl adjacent to an activating group) is 2. The summed E-state index contributed by atoms with van der Waals surface area (Å²) in [6.07, 6.45) is 0. The first-order valence-corrected chi connectivity index (χ1v) is 10.4. The Morgan fingerprint density at radius 3 is 1.96 bits per heavy atom. The molecule has 0 saturated heterocycles. The average Bonchev–Trinajstić information content (AvgIpc) is 2.55. The largest absolute Gasteiger partial charge is 0.478 e. The first-order chi connectivity index (χ1) is 11.9. The van der Waals surface area contributed by atoms with Crippen LogP contribution in [0.25, 0.3) is 0 Å². The van der Waals surface area contributed by atoms with E-state index in [9.17, 15) is 24.3 Å². The molecule has 0 aliphatic carbocycles. The number of nitrogens with zero attached hydrogens (tertiary/aromatic N) is 1. The Hall–Kier alpha value is -0.710. The van der Waals surface area contributed by atoms with Gasteiger partial charge in [0.05, 0.1) is 24.0 Å². The number of carboxylic acids is 1. The van der Waals surface area contributed by atoms with Crippen LogP contribution in [0, 0.1) is 10.7 Å². The Kier molecular flexibility index (Phi) is 8.50. The topological polar surface area (TPSA) is 116 Å². The van der Waals surface area contributed by atoms with E-state index in [4.69, 9.17) is 0 Å². The number of rotatable bonds is 5. The van der Waals surface area contributed by atoms with Gasteiger partial charge in [-0.3, -0.25) is 14.4 Å². The lowest BCUT2D eigenvalue weighted by Gasteiger charge is -2.26. The molecule has 1 rings (SSSR count). The van der Waals surface area contributed by atoms with Crippen LogP contribution < -0.4 is 10.6 Å². The minimum atomic E-state index is -1.21. The van der Waals surface area contributed by atoms with E-state index < -0.39 is 17.9 Å². The van der Waals surface area contributed by atoms with Crippen LogP contribution in [0.1, 0.15) is 34.6 Å². The molecule has 0 heterocycles. The summed E-state index contributed by atoms with van der Waals surface area (Å²) >= 11 is 5.54. The van der Waals surface area contributed by atoms with Crippen molar-refractivity contribution in [2.75, 3.05) is 19.4 Å².